The molecule has 80 valence electrons. The van der Waals surface area contributed by atoms with Crippen LogP contribution < -0.4 is 0 Å². The molecule has 0 unspecified atom stereocenters. The Morgan fingerprint density at radius 3 is 2.79 bits per heavy atom. The Morgan fingerprint density at radius 2 is 2.21 bits per heavy atom. The third kappa shape index (κ3) is 4.45. The Balaban J connectivity index is 2.11. The maximum Gasteiger partial charge on any atom is 0.333 e. The highest BCUT2D eigenvalue weighted by Gasteiger charge is 2.21. The fourth-order valence-corrected chi connectivity index (χ4v) is 1.28. The molecule has 1 rings (SSSR count). The quantitative estimate of drug-likeness (QED) is 0.482. The molecule has 1 saturated carbocycles. The van der Waals surface area contributed by atoms with Crippen molar-refractivity contribution in [3.63, 3.8) is 0 Å². The first-order valence-corrected chi connectivity index (χ1v) is 5.58. The standard InChI is InChI=1S/C12H20O2/c1-3-4-5-10(2)12(13)14-9-8-11-6-7-11/h5,11H,3-4,6-9H2,1-2H3. The van der Waals surface area contributed by atoms with Crippen molar-refractivity contribution in [3.8, 4) is 0 Å². The zero-order valence-corrected chi connectivity index (χ0v) is 9.21. The second kappa shape index (κ2) is 5.84. The average molecular weight is 196 g/mol. The van der Waals surface area contributed by atoms with E-state index in [1.54, 1.807) is 0 Å². The molecule has 2 nitrogen and oxygen atoms in total. The van der Waals surface area contributed by atoms with Crippen LogP contribution in [-0.4, -0.2) is 12.6 Å². The number of unbranched alkanes of at least 4 members (excludes halogenated alkanes) is 1. The van der Waals surface area contributed by atoms with Crippen LogP contribution >= 0.6 is 0 Å². The second-order valence-corrected chi connectivity index (χ2v) is 4.04. The summed E-state index contributed by atoms with van der Waals surface area (Å²) >= 11 is 0. The lowest BCUT2D eigenvalue weighted by molar-refractivity contribution is -0.139. The molecule has 0 amide bonds. The highest BCUT2D eigenvalue weighted by Crippen LogP contribution is 2.32. The second-order valence-electron chi connectivity index (χ2n) is 4.04. The van der Waals surface area contributed by atoms with Crippen molar-refractivity contribution >= 4 is 5.97 Å². The summed E-state index contributed by atoms with van der Waals surface area (Å²) in [6, 6.07) is 0. The van der Waals surface area contributed by atoms with E-state index in [1.807, 2.05) is 13.0 Å². The topological polar surface area (TPSA) is 26.3 Å². The predicted octanol–water partition coefficient (Wildman–Crippen LogP) is 3.08. The van der Waals surface area contributed by atoms with E-state index < -0.39 is 0 Å². The summed E-state index contributed by atoms with van der Waals surface area (Å²) in [5.41, 5.74) is 0.752. The molecule has 0 radical (unpaired) electrons. The summed E-state index contributed by atoms with van der Waals surface area (Å²) in [6.07, 6.45) is 7.69. The molecule has 14 heavy (non-hydrogen) atoms. The first-order chi connectivity index (χ1) is 6.74. The monoisotopic (exact) mass is 196 g/mol. The number of carbonyl (C=O) groups excluding carboxylic acids is 1. The summed E-state index contributed by atoms with van der Waals surface area (Å²) < 4.78 is 5.14. The van der Waals surface area contributed by atoms with Crippen LogP contribution in [-0.2, 0) is 9.53 Å². The van der Waals surface area contributed by atoms with E-state index in [2.05, 4.69) is 6.92 Å². The zero-order valence-electron chi connectivity index (χ0n) is 9.21. The number of ether oxygens (including phenoxy) is 1. The Hall–Kier alpha value is -0.790. The van der Waals surface area contributed by atoms with Gasteiger partial charge in [0, 0.05) is 5.57 Å². The van der Waals surface area contributed by atoms with Crippen molar-refractivity contribution in [1.29, 1.82) is 0 Å². The Labute approximate surface area is 86.3 Å². The van der Waals surface area contributed by atoms with Crippen LogP contribution in [0.1, 0.15) is 46.0 Å². The minimum Gasteiger partial charge on any atom is -0.462 e. The molecule has 0 aromatic carbocycles. The molecule has 0 heterocycles. The van der Waals surface area contributed by atoms with E-state index in [0.29, 0.717) is 6.61 Å². The maximum absolute atomic E-state index is 11.4. The van der Waals surface area contributed by atoms with Crippen molar-refractivity contribution in [2.45, 2.75) is 46.0 Å². The van der Waals surface area contributed by atoms with Gasteiger partial charge in [-0.1, -0.05) is 32.3 Å². The number of hydrogen-bond donors (Lipinski definition) is 0. The van der Waals surface area contributed by atoms with Crippen LogP contribution in [0.25, 0.3) is 0 Å². The minimum atomic E-state index is -0.140. The Morgan fingerprint density at radius 1 is 1.50 bits per heavy atom. The largest absolute Gasteiger partial charge is 0.462 e. The zero-order chi connectivity index (χ0) is 10.4. The van der Waals surface area contributed by atoms with Gasteiger partial charge >= 0.3 is 5.97 Å². The molecule has 1 aliphatic carbocycles. The van der Waals surface area contributed by atoms with Gasteiger partial charge in [-0.25, -0.2) is 4.79 Å². The van der Waals surface area contributed by atoms with Crippen molar-refractivity contribution < 1.29 is 9.53 Å². The SMILES string of the molecule is CCCC=C(C)C(=O)OCCC1CC1. The van der Waals surface area contributed by atoms with Gasteiger partial charge in [-0.2, -0.15) is 0 Å². The van der Waals surface area contributed by atoms with Gasteiger partial charge in [0.05, 0.1) is 6.61 Å². The van der Waals surface area contributed by atoms with Gasteiger partial charge in [-0.05, 0) is 25.7 Å². The molecule has 0 aromatic heterocycles. The smallest absolute Gasteiger partial charge is 0.333 e. The lowest BCUT2D eigenvalue weighted by Crippen LogP contribution is -2.07. The third-order valence-electron chi connectivity index (χ3n) is 2.52. The van der Waals surface area contributed by atoms with Crippen LogP contribution in [0.3, 0.4) is 0 Å². The molecule has 0 bridgehead atoms. The predicted molar refractivity (Wildman–Crippen MR) is 57.0 cm³/mol. The van der Waals surface area contributed by atoms with Gasteiger partial charge in [0.2, 0.25) is 0 Å². The molecule has 0 saturated heterocycles. The molecule has 0 aromatic rings. The first kappa shape index (κ1) is 11.3. The molecule has 0 aliphatic heterocycles. The third-order valence-corrected chi connectivity index (χ3v) is 2.52. The van der Waals surface area contributed by atoms with Gasteiger partial charge in [0.25, 0.3) is 0 Å². The lowest BCUT2D eigenvalue weighted by atomic mass is 10.2. The molecule has 0 N–H and O–H groups in total. The van der Waals surface area contributed by atoms with Gasteiger partial charge < -0.3 is 4.74 Å². The molecule has 0 atom stereocenters. The number of hydrogen-bond acceptors (Lipinski definition) is 2. The highest BCUT2D eigenvalue weighted by molar-refractivity contribution is 5.87. The fraction of sp³-hybridized carbons (Fsp3) is 0.750. The van der Waals surface area contributed by atoms with Gasteiger partial charge in [0.15, 0.2) is 0 Å². The van der Waals surface area contributed by atoms with Crippen molar-refractivity contribution in [2.75, 3.05) is 6.61 Å². The highest BCUT2D eigenvalue weighted by atomic mass is 16.5. The van der Waals surface area contributed by atoms with Crippen LogP contribution in [0.4, 0.5) is 0 Å². The van der Waals surface area contributed by atoms with Gasteiger partial charge in [0.1, 0.15) is 0 Å². The molecule has 0 spiro atoms. The normalized spacial score (nSPS) is 16.9. The van der Waals surface area contributed by atoms with E-state index in [0.717, 1.165) is 30.8 Å². The summed E-state index contributed by atoms with van der Waals surface area (Å²) in [5.74, 6) is 0.696. The van der Waals surface area contributed by atoms with Crippen molar-refractivity contribution in [3.05, 3.63) is 11.6 Å². The van der Waals surface area contributed by atoms with Gasteiger partial charge in [-0.3, -0.25) is 0 Å². The summed E-state index contributed by atoms with van der Waals surface area (Å²) in [4.78, 5) is 11.4. The van der Waals surface area contributed by atoms with Crippen LogP contribution in [0.15, 0.2) is 11.6 Å². The van der Waals surface area contributed by atoms with Crippen molar-refractivity contribution in [1.82, 2.24) is 0 Å². The Bertz CT molecular complexity index is 214. The molecule has 1 aliphatic rings. The molecular formula is C12H20O2. The van der Waals surface area contributed by atoms with Crippen LogP contribution in [0, 0.1) is 5.92 Å². The number of rotatable bonds is 6. The Kier molecular flexibility index (Phi) is 4.71. The summed E-state index contributed by atoms with van der Waals surface area (Å²) in [6.45, 7) is 4.53. The maximum atomic E-state index is 11.4. The number of allylic oxidation sites excluding steroid dienone is 1. The number of esters is 1. The van der Waals surface area contributed by atoms with Crippen LogP contribution in [0.5, 0.6) is 0 Å². The fourth-order valence-electron chi connectivity index (χ4n) is 1.28. The van der Waals surface area contributed by atoms with E-state index in [-0.39, 0.29) is 5.97 Å². The van der Waals surface area contributed by atoms with E-state index >= 15 is 0 Å². The molecule has 1 fully saturated rings. The van der Waals surface area contributed by atoms with Gasteiger partial charge in [-0.15, -0.1) is 0 Å². The van der Waals surface area contributed by atoms with Crippen molar-refractivity contribution in [2.24, 2.45) is 5.92 Å². The number of carbonyl (C=O) groups is 1. The minimum absolute atomic E-state index is 0.140. The molecular weight excluding hydrogens is 176 g/mol. The summed E-state index contributed by atoms with van der Waals surface area (Å²) in [7, 11) is 0. The van der Waals surface area contributed by atoms with E-state index in [9.17, 15) is 4.79 Å². The first-order valence-electron chi connectivity index (χ1n) is 5.58. The molecule has 2 heteroatoms. The summed E-state index contributed by atoms with van der Waals surface area (Å²) in [5, 5.41) is 0. The lowest BCUT2D eigenvalue weighted by Gasteiger charge is -2.03. The van der Waals surface area contributed by atoms with E-state index in [4.69, 9.17) is 4.74 Å². The van der Waals surface area contributed by atoms with E-state index in [1.165, 1.54) is 12.8 Å². The van der Waals surface area contributed by atoms with Crippen LogP contribution in [0.2, 0.25) is 0 Å². The average Bonchev–Trinajstić information content (AvgIpc) is 2.97.